The first-order valence-electron chi connectivity index (χ1n) is 6.55. The molecule has 0 amide bonds. The average Bonchev–Trinajstić information content (AvgIpc) is 2.13. The first-order valence-corrected chi connectivity index (χ1v) is 7.13. The molecule has 100 valence electrons. The second-order valence-electron chi connectivity index (χ2n) is 6.35. The topological polar surface area (TPSA) is 12.0 Å². The molecule has 0 saturated heterocycles. The maximum absolute atomic E-state index is 4.09. The van der Waals surface area contributed by atoms with Gasteiger partial charge in [0.05, 0.1) is 0 Å². The van der Waals surface area contributed by atoms with E-state index >= 15 is 0 Å². The molecule has 0 aliphatic carbocycles. The second-order valence-corrected chi connectivity index (χ2v) is 7.16. The monoisotopic (exact) mass is 255 g/mol. The summed E-state index contributed by atoms with van der Waals surface area (Å²) in [6, 6.07) is 0. The molecule has 0 fully saturated rings. The largest absolute Gasteiger partial charge is 0.388 e. The Bertz CT molecular complexity index is 250. The van der Waals surface area contributed by atoms with Crippen molar-refractivity contribution in [2.45, 2.75) is 53.4 Å². The fourth-order valence-electron chi connectivity index (χ4n) is 1.67. The summed E-state index contributed by atoms with van der Waals surface area (Å²) >= 11 is 0. The van der Waals surface area contributed by atoms with Crippen molar-refractivity contribution in [2.24, 2.45) is 11.3 Å². The van der Waals surface area contributed by atoms with Crippen LogP contribution < -0.4 is 5.32 Å². The summed E-state index contributed by atoms with van der Waals surface area (Å²) in [7, 11) is 2.64. The highest BCUT2D eigenvalue weighted by atomic mass is 31.0. The molecular formula is C15H30NP. The molecule has 0 aromatic rings. The van der Waals surface area contributed by atoms with E-state index in [-0.39, 0.29) is 0 Å². The molecule has 0 aliphatic heterocycles. The summed E-state index contributed by atoms with van der Waals surface area (Å²) in [4.78, 5) is 0. The summed E-state index contributed by atoms with van der Waals surface area (Å²) in [5.41, 5.74) is 1.61. The normalized spacial score (nSPS) is 13.2. The van der Waals surface area contributed by atoms with Crippen LogP contribution >= 0.6 is 9.24 Å². The summed E-state index contributed by atoms with van der Waals surface area (Å²) in [5.74, 6) is 0.716. The van der Waals surface area contributed by atoms with Gasteiger partial charge in [0.2, 0.25) is 0 Å². The van der Waals surface area contributed by atoms with Crippen LogP contribution in [0, 0.1) is 11.3 Å². The number of nitrogens with one attached hydrogen (secondary N) is 1. The van der Waals surface area contributed by atoms with Crippen LogP contribution in [0.25, 0.3) is 0 Å². The maximum atomic E-state index is 4.09. The molecule has 17 heavy (non-hydrogen) atoms. The van der Waals surface area contributed by atoms with Crippen LogP contribution in [-0.4, -0.2) is 6.54 Å². The third-order valence-corrected chi connectivity index (χ3v) is 3.09. The third-order valence-electron chi connectivity index (χ3n) is 2.80. The van der Waals surface area contributed by atoms with Crippen molar-refractivity contribution in [3.05, 3.63) is 24.2 Å². The van der Waals surface area contributed by atoms with Crippen molar-refractivity contribution < 1.29 is 0 Å². The quantitative estimate of drug-likeness (QED) is 0.619. The van der Waals surface area contributed by atoms with Gasteiger partial charge in [0, 0.05) is 12.2 Å². The van der Waals surface area contributed by atoms with Crippen LogP contribution in [0.5, 0.6) is 0 Å². The van der Waals surface area contributed by atoms with Crippen LogP contribution in [0.15, 0.2) is 24.2 Å². The smallest absolute Gasteiger partial charge is 0.0184 e. The lowest BCUT2D eigenvalue weighted by Crippen LogP contribution is -2.16. The first kappa shape index (κ1) is 16.7. The molecule has 0 bridgehead atoms. The van der Waals surface area contributed by atoms with Gasteiger partial charge in [-0.2, -0.15) is 0 Å². The molecule has 0 aliphatic rings. The highest BCUT2D eigenvalue weighted by molar-refractivity contribution is 7.22. The van der Waals surface area contributed by atoms with Gasteiger partial charge in [-0.3, -0.25) is 0 Å². The number of rotatable bonds is 8. The van der Waals surface area contributed by atoms with E-state index < -0.39 is 0 Å². The van der Waals surface area contributed by atoms with E-state index in [1.165, 1.54) is 12.8 Å². The van der Waals surface area contributed by atoms with Crippen LogP contribution in [0.3, 0.4) is 0 Å². The molecule has 1 N–H and O–H groups in total. The Balaban J connectivity index is 3.69. The molecule has 0 aromatic carbocycles. The van der Waals surface area contributed by atoms with E-state index in [0.717, 1.165) is 30.4 Å². The minimum atomic E-state index is 0.445. The van der Waals surface area contributed by atoms with Crippen LogP contribution in [0.2, 0.25) is 0 Å². The molecule has 2 heteroatoms. The van der Waals surface area contributed by atoms with Crippen LogP contribution in [0.1, 0.15) is 53.4 Å². The molecule has 0 heterocycles. The van der Waals surface area contributed by atoms with Crippen LogP contribution in [0.4, 0.5) is 0 Å². The zero-order valence-corrected chi connectivity index (χ0v) is 13.3. The molecule has 0 rings (SSSR count). The van der Waals surface area contributed by atoms with E-state index in [2.05, 4.69) is 55.4 Å². The van der Waals surface area contributed by atoms with Gasteiger partial charge in [-0.05, 0) is 37.0 Å². The lowest BCUT2D eigenvalue weighted by Gasteiger charge is -2.21. The lowest BCUT2D eigenvalue weighted by atomic mass is 9.86. The van der Waals surface area contributed by atoms with Gasteiger partial charge in [-0.25, -0.2) is 0 Å². The summed E-state index contributed by atoms with van der Waals surface area (Å²) in [6.45, 7) is 18.1. The van der Waals surface area contributed by atoms with E-state index in [4.69, 9.17) is 0 Å². The zero-order chi connectivity index (χ0) is 13.5. The Morgan fingerprint density at radius 2 is 1.88 bits per heavy atom. The molecule has 0 saturated carbocycles. The average molecular weight is 255 g/mol. The lowest BCUT2D eigenvalue weighted by molar-refractivity contribution is 0.327. The molecular weight excluding hydrogens is 225 g/mol. The Morgan fingerprint density at radius 1 is 1.29 bits per heavy atom. The minimum Gasteiger partial charge on any atom is -0.388 e. The van der Waals surface area contributed by atoms with E-state index in [0.29, 0.717) is 11.3 Å². The highest BCUT2D eigenvalue weighted by Gasteiger charge is 2.13. The summed E-state index contributed by atoms with van der Waals surface area (Å²) < 4.78 is 0. The van der Waals surface area contributed by atoms with Crippen molar-refractivity contribution in [2.75, 3.05) is 6.54 Å². The van der Waals surface area contributed by atoms with Gasteiger partial charge in [-0.1, -0.05) is 46.2 Å². The van der Waals surface area contributed by atoms with Gasteiger partial charge in [0.1, 0.15) is 0 Å². The van der Waals surface area contributed by atoms with E-state index in [1.807, 2.05) is 0 Å². The standard InChI is InChI=1S/C15H30NP/c1-12(7-9-15(4,5)6)11-13(2)16-10-8-14(3)17/h12,16H,2-3,7-11,17H2,1,4-6H3. The fraction of sp³-hybridized carbons (Fsp3) is 0.733. The summed E-state index contributed by atoms with van der Waals surface area (Å²) in [5, 5.41) is 4.52. The van der Waals surface area contributed by atoms with Gasteiger partial charge >= 0.3 is 0 Å². The SMILES string of the molecule is C=C(P)CCNC(=C)CC(C)CCC(C)(C)C. The fourth-order valence-corrected chi connectivity index (χ4v) is 1.82. The van der Waals surface area contributed by atoms with Gasteiger partial charge in [0.15, 0.2) is 0 Å². The van der Waals surface area contributed by atoms with Gasteiger partial charge < -0.3 is 5.32 Å². The Labute approximate surface area is 110 Å². The number of hydrogen-bond acceptors (Lipinski definition) is 1. The van der Waals surface area contributed by atoms with Crippen molar-refractivity contribution >= 4 is 9.24 Å². The molecule has 2 atom stereocenters. The van der Waals surface area contributed by atoms with E-state index in [9.17, 15) is 0 Å². The van der Waals surface area contributed by atoms with Crippen molar-refractivity contribution in [3.8, 4) is 0 Å². The van der Waals surface area contributed by atoms with Gasteiger partial charge in [0.25, 0.3) is 0 Å². The van der Waals surface area contributed by atoms with Crippen LogP contribution in [-0.2, 0) is 0 Å². The Hall–Kier alpha value is -0.290. The number of hydrogen-bond donors (Lipinski definition) is 1. The molecule has 0 aromatic heterocycles. The molecule has 0 radical (unpaired) electrons. The predicted molar refractivity (Wildman–Crippen MR) is 83.1 cm³/mol. The maximum Gasteiger partial charge on any atom is 0.0184 e. The third kappa shape index (κ3) is 12.0. The van der Waals surface area contributed by atoms with Crippen molar-refractivity contribution in [1.82, 2.24) is 5.32 Å². The Kier molecular flexibility index (Phi) is 7.79. The molecule has 1 nitrogen and oxygen atoms in total. The summed E-state index contributed by atoms with van der Waals surface area (Å²) in [6.07, 6.45) is 4.64. The second kappa shape index (κ2) is 7.93. The zero-order valence-electron chi connectivity index (χ0n) is 12.1. The number of allylic oxidation sites excluding steroid dienone is 1. The molecule has 2 unspecified atom stereocenters. The van der Waals surface area contributed by atoms with E-state index in [1.54, 1.807) is 0 Å². The van der Waals surface area contributed by atoms with Crippen molar-refractivity contribution in [3.63, 3.8) is 0 Å². The van der Waals surface area contributed by atoms with Crippen molar-refractivity contribution in [1.29, 1.82) is 0 Å². The minimum absolute atomic E-state index is 0.445. The van der Waals surface area contributed by atoms with Gasteiger partial charge in [-0.15, -0.1) is 9.24 Å². The first-order chi connectivity index (χ1) is 7.70. The predicted octanol–water partition coefficient (Wildman–Crippen LogP) is 4.72. The highest BCUT2D eigenvalue weighted by Crippen LogP contribution is 2.25. The Morgan fingerprint density at radius 3 is 2.35 bits per heavy atom. The molecule has 0 spiro atoms.